The molecular formula is C14H15NO4S2. The molecular weight excluding hydrogens is 310 g/mol. The molecule has 2 rings (SSSR count). The van der Waals surface area contributed by atoms with Crippen LogP contribution in [0.3, 0.4) is 0 Å². The van der Waals surface area contributed by atoms with E-state index in [-0.39, 0.29) is 13.2 Å². The number of thiophene rings is 2. The largest absolute Gasteiger partial charge is 0.456 e. The highest BCUT2D eigenvalue weighted by molar-refractivity contribution is 7.10. The highest BCUT2D eigenvalue weighted by Crippen LogP contribution is 2.33. The number of carbonyl (C=O) groups is 2. The van der Waals surface area contributed by atoms with E-state index in [0.29, 0.717) is 0 Å². The maximum atomic E-state index is 11.6. The minimum absolute atomic E-state index is 0.0182. The third-order valence-corrected chi connectivity index (χ3v) is 4.58. The molecule has 2 aromatic heterocycles. The normalized spacial score (nSPS) is 13.4. The van der Waals surface area contributed by atoms with Crippen LogP contribution in [0, 0.1) is 0 Å². The van der Waals surface area contributed by atoms with Crippen LogP contribution in [0.15, 0.2) is 34.3 Å². The molecule has 1 atom stereocenters. The van der Waals surface area contributed by atoms with Crippen molar-refractivity contribution >= 4 is 34.6 Å². The zero-order valence-electron chi connectivity index (χ0n) is 11.4. The second-order valence-electron chi connectivity index (χ2n) is 4.41. The van der Waals surface area contributed by atoms with Crippen LogP contribution in [0.4, 0.5) is 0 Å². The summed E-state index contributed by atoms with van der Waals surface area (Å²) in [6.45, 7) is 0.907. The van der Waals surface area contributed by atoms with Gasteiger partial charge in [-0.3, -0.25) is 9.59 Å². The van der Waals surface area contributed by atoms with Crippen LogP contribution in [-0.4, -0.2) is 30.1 Å². The van der Waals surface area contributed by atoms with Crippen LogP contribution in [0.5, 0.6) is 0 Å². The second kappa shape index (κ2) is 6.84. The molecule has 0 spiro atoms. The predicted molar refractivity (Wildman–Crippen MR) is 81.3 cm³/mol. The topological polar surface area (TPSA) is 75.6 Å². The molecule has 0 aliphatic heterocycles. The average Bonchev–Trinajstić information content (AvgIpc) is 3.14. The average molecular weight is 325 g/mol. The third-order valence-electron chi connectivity index (χ3n) is 2.88. The fraction of sp³-hybridized carbons (Fsp3) is 0.286. The van der Waals surface area contributed by atoms with Gasteiger partial charge in [0.2, 0.25) is 0 Å². The number of hydrogen-bond acceptors (Lipinski definition) is 6. The van der Waals surface area contributed by atoms with E-state index >= 15 is 0 Å². The Labute approximate surface area is 130 Å². The summed E-state index contributed by atoms with van der Waals surface area (Å²) in [5.74, 6) is -0.966. The maximum Gasteiger partial charge on any atom is 0.303 e. The van der Waals surface area contributed by atoms with Gasteiger partial charge in [-0.05, 0) is 28.3 Å². The van der Waals surface area contributed by atoms with Gasteiger partial charge < -0.3 is 15.2 Å². The van der Waals surface area contributed by atoms with E-state index in [1.54, 1.807) is 0 Å². The van der Waals surface area contributed by atoms with Crippen molar-refractivity contribution in [2.45, 2.75) is 12.5 Å². The Hall–Kier alpha value is -1.70. The minimum atomic E-state index is -1.28. The smallest absolute Gasteiger partial charge is 0.303 e. The number of esters is 1. The van der Waals surface area contributed by atoms with Crippen LogP contribution in [-0.2, 0) is 19.9 Å². The van der Waals surface area contributed by atoms with E-state index < -0.39 is 17.5 Å². The van der Waals surface area contributed by atoms with Gasteiger partial charge in [0.05, 0.1) is 6.54 Å². The van der Waals surface area contributed by atoms with Crippen molar-refractivity contribution in [1.82, 2.24) is 5.32 Å². The summed E-state index contributed by atoms with van der Waals surface area (Å²) in [6, 6.07) is 5.49. The van der Waals surface area contributed by atoms with Crippen LogP contribution in [0.1, 0.15) is 17.4 Å². The summed E-state index contributed by atoms with van der Waals surface area (Å²) in [5, 5.41) is 19.1. The van der Waals surface area contributed by atoms with Gasteiger partial charge in [-0.1, -0.05) is 6.07 Å². The minimum Gasteiger partial charge on any atom is -0.456 e. The van der Waals surface area contributed by atoms with Gasteiger partial charge in [-0.15, -0.1) is 11.3 Å². The first kappa shape index (κ1) is 15.7. The van der Waals surface area contributed by atoms with Gasteiger partial charge in [0, 0.05) is 17.4 Å². The molecule has 21 heavy (non-hydrogen) atoms. The molecule has 0 aromatic carbocycles. The highest BCUT2D eigenvalue weighted by Gasteiger charge is 2.33. The lowest BCUT2D eigenvalue weighted by Crippen LogP contribution is -2.42. The van der Waals surface area contributed by atoms with Gasteiger partial charge >= 0.3 is 5.97 Å². The van der Waals surface area contributed by atoms with Crippen molar-refractivity contribution < 1.29 is 19.4 Å². The molecule has 0 bridgehead atoms. The van der Waals surface area contributed by atoms with Crippen molar-refractivity contribution in [1.29, 1.82) is 0 Å². The van der Waals surface area contributed by atoms with E-state index in [0.717, 1.165) is 10.4 Å². The highest BCUT2D eigenvalue weighted by atomic mass is 32.1. The van der Waals surface area contributed by atoms with Gasteiger partial charge in [0.1, 0.15) is 5.60 Å². The maximum absolute atomic E-state index is 11.6. The molecule has 0 saturated heterocycles. The molecule has 0 fully saturated rings. The lowest BCUT2D eigenvalue weighted by atomic mass is 9.94. The van der Waals surface area contributed by atoms with Crippen molar-refractivity contribution in [2.24, 2.45) is 0 Å². The van der Waals surface area contributed by atoms with Gasteiger partial charge in [-0.2, -0.15) is 11.3 Å². The van der Waals surface area contributed by atoms with Crippen LogP contribution >= 0.6 is 22.7 Å². The Bertz CT molecular complexity index is 558. The number of rotatable bonds is 6. The first-order chi connectivity index (χ1) is 10.0. The number of ether oxygens (including phenoxy) is 1. The van der Waals surface area contributed by atoms with Crippen LogP contribution in [0.25, 0.3) is 0 Å². The van der Waals surface area contributed by atoms with Crippen LogP contribution < -0.4 is 5.32 Å². The molecule has 0 aliphatic carbocycles. The molecule has 2 heterocycles. The summed E-state index contributed by atoms with van der Waals surface area (Å²) in [6.07, 6.45) is 0. The zero-order valence-corrected chi connectivity index (χ0v) is 13.0. The van der Waals surface area contributed by atoms with Crippen molar-refractivity contribution in [2.75, 3.05) is 13.2 Å². The Balaban J connectivity index is 2.08. The van der Waals surface area contributed by atoms with E-state index in [9.17, 15) is 14.7 Å². The quantitative estimate of drug-likeness (QED) is 0.793. The summed E-state index contributed by atoms with van der Waals surface area (Å²) in [7, 11) is 0. The fourth-order valence-electron chi connectivity index (χ4n) is 1.79. The number of nitrogens with one attached hydrogen (secondary N) is 1. The molecule has 7 heteroatoms. The number of carbonyl (C=O) groups excluding carboxylic acids is 2. The molecule has 2 aromatic rings. The Morgan fingerprint density at radius 2 is 2.19 bits per heavy atom. The molecule has 5 nitrogen and oxygen atoms in total. The molecule has 112 valence electrons. The lowest BCUT2D eigenvalue weighted by Gasteiger charge is -2.26. The van der Waals surface area contributed by atoms with Gasteiger partial charge in [0.25, 0.3) is 5.91 Å². The molecule has 0 radical (unpaired) electrons. The van der Waals surface area contributed by atoms with E-state index in [1.165, 1.54) is 29.6 Å². The number of amides is 1. The predicted octanol–water partition coefficient (Wildman–Crippen LogP) is 1.72. The Morgan fingerprint density at radius 1 is 1.38 bits per heavy atom. The second-order valence-corrected chi connectivity index (χ2v) is 6.13. The summed E-state index contributed by atoms with van der Waals surface area (Å²) in [4.78, 5) is 23.1. The van der Waals surface area contributed by atoms with Gasteiger partial charge in [0.15, 0.2) is 6.61 Å². The van der Waals surface area contributed by atoms with E-state index in [4.69, 9.17) is 0 Å². The number of hydrogen-bond donors (Lipinski definition) is 2. The Morgan fingerprint density at radius 3 is 2.76 bits per heavy atom. The summed E-state index contributed by atoms with van der Waals surface area (Å²) >= 11 is 2.89. The molecule has 1 amide bonds. The van der Waals surface area contributed by atoms with E-state index in [2.05, 4.69) is 10.1 Å². The molecule has 2 N–H and O–H groups in total. The third kappa shape index (κ3) is 3.90. The van der Waals surface area contributed by atoms with Crippen molar-refractivity contribution in [3.63, 3.8) is 0 Å². The molecule has 1 unspecified atom stereocenters. The zero-order chi connectivity index (χ0) is 15.3. The molecule has 0 saturated carbocycles. The van der Waals surface area contributed by atoms with Crippen molar-refractivity contribution in [3.05, 3.63) is 44.8 Å². The standard InChI is InChI=1S/C14H15NO4S2/c1-10(16)19-7-13(17)15-9-14(18,11-4-6-20-8-11)12-3-2-5-21-12/h2-6,8,18H,7,9H2,1H3,(H,15,17). The molecule has 0 aliphatic rings. The number of aliphatic hydroxyl groups is 1. The van der Waals surface area contributed by atoms with Crippen LogP contribution in [0.2, 0.25) is 0 Å². The SMILES string of the molecule is CC(=O)OCC(=O)NCC(O)(c1ccsc1)c1cccs1. The first-order valence-electron chi connectivity index (χ1n) is 6.21. The summed E-state index contributed by atoms with van der Waals surface area (Å²) in [5.41, 5.74) is -0.553. The Kier molecular flexibility index (Phi) is 5.11. The van der Waals surface area contributed by atoms with Crippen molar-refractivity contribution in [3.8, 4) is 0 Å². The van der Waals surface area contributed by atoms with E-state index in [1.807, 2.05) is 34.3 Å². The summed E-state index contributed by atoms with van der Waals surface area (Å²) < 4.78 is 4.62. The first-order valence-corrected chi connectivity index (χ1v) is 8.04. The van der Waals surface area contributed by atoms with Gasteiger partial charge in [-0.25, -0.2) is 0 Å². The lowest BCUT2D eigenvalue weighted by molar-refractivity contribution is -0.146. The fourth-order valence-corrected chi connectivity index (χ4v) is 3.36. The monoisotopic (exact) mass is 325 g/mol.